The first kappa shape index (κ1) is 15.1. The van der Waals surface area contributed by atoms with Crippen molar-refractivity contribution in [2.45, 2.75) is 32.7 Å². The van der Waals surface area contributed by atoms with Gasteiger partial charge in [-0.15, -0.1) is 0 Å². The van der Waals surface area contributed by atoms with Gasteiger partial charge in [-0.2, -0.15) is 5.10 Å². The third-order valence-electron chi connectivity index (χ3n) is 3.35. The predicted octanol–water partition coefficient (Wildman–Crippen LogP) is 2.21. The molecule has 2 aromatic rings. The van der Waals surface area contributed by atoms with Crippen molar-refractivity contribution in [2.75, 3.05) is 6.54 Å². The van der Waals surface area contributed by atoms with E-state index in [2.05, 4.69) is 10.4 Å². The van der Waals surface area contributed by atoms with Crippen LogP contribution in [-0.2, 0) is 11.2 Å². The number of phenolic OH excluding ortho intramolecular Hbond substituents is 1. The van der Waals surface area contributed by atoms with Gasteiger partial charge in [0.2, 0.25) is 5.91 Å². The maximum absolute atomic E-state index is 11.8. The molecular formula is C16H21N3O2. The molecule has 0 bridgehead atoms. The van der Waals surface area contributed by atoms with Crippen LogP contribution in [0.3, 0.4) is 0 Å². The lowest BCUT2D eigenvalue weighted by molar-refractivity contribution is -0.121. The fourth-order valence-corrected chi connectivity index (χ4v) is 2.04. The van der Waals surface area contributed by atoms with E-state index in [1.807, 2.05) is 43.1 Å². The average molecular weight is 287 g/mol. The summed E-state index contributed by atoms with van der Waals surface area (Å²) in [7, 11) is 0. The predicted molar refractivity (Wildman–Crippen MR) is 81.1 cm³/mol. The maximum atomic E-state index is 11.8. The number of nitrogens with zero attached hydrogens (tertiary/aromatic N) is 2. The van der Waals surface area contributed by atoms with Gasteiger partial charge in [0.05, 0.1) is 12.2 Å². The highest BCUT2D eigenvalue weighted by atomic mass is 16.3. The van der Waals surface area contributed by atoms with Crippen LogP contribution in [0.2, 0.25) is 0 Å². The van der Waals surface area contributed by atoms with Crippen molar-refractivity contribution in [3.8, 4) is 5.75 Å². The summed E-state index contributed by atoms with van der Waals surface area (Å²) in [6.07, 6.45) is 4.88. The van der Waals surface area contributed by atoms with Gasteiger partial charge in [-0.05, 0) is 43.5 Å². The van der Waals surface area contributed by atoms with Gasteiger partial charge < -0.3 is 10.4 Å². The van der Waals surface area contributed by atoms with Crippen LogP contribution in [0.5, 0.6) is 5.75 Å². The number of hydrogen-bond donors (Lipinski definition) is 2. The van der Waals surface area contributed by atoms with Crippen LogP contribution < -0.4 is 5.32 Å². The first-order valence-electron chi connectivity index (χ1n) is 7.10. The SMILES string of the molecule is Cc1cnn([C@H](C)CNC(=O)CCc2ccc(O)cc2)c1. The topological polar surface area (TPSA) is 67.2 Å². The van der Waals surface area contributed by atoms with Gasteiger partial charge in [-0.1, -0.05) is 12.1 Å². The summed E-state index contributed by atoms with van der Waals surface area (Å²) in [6, 6.07) is 7.07. The minimum absolute atomic E-state index is 0.0267. The smallest absolute Gasteiger partial charge is 0.220 e. The summed E-state index contributed by atoms with van der Waals surface area (Å²) in [5, 5.41) is 16.4. The number of aromatic nitrogens is 2. The molecule has 0 saturated carbocycles. The fourth-order valence-electron chi connectivity index (χ4n) is 2.04. The summed E-state index contributed by atoms with van der Waals surface area (Å²) < 4.78 is 1.86. The molecule has 1 aromatic carbocycles. The van der Waals surface area contributed by atoms with E-state index < -0.39 is 0 Å². The fraction of sp³-hybridized carbons (Fsp3) is 0.375. The molecule has 112 valence electrons. The third kappa shape index (κ3) is 4.63. The van der Waals surface area contributed by atoms with E-state index in [0.717, 1.165) is 11.1 Å². The van der Waals surface area contributed by atoms with Crippen molar-refractivity contribution in [1.82, 2.24) is 15.1 Å². The van der Waals surface area contributed by atoms with Crippen LogP contribution >= 0.6 is 0 Å². The van der Waals surface area contributed by atoms with E-state index in [1.165, 1.54) is 0 Å². The molecule has 0 aliphatic carbocycles. The second-order valence-corrected chi connectivity index (χ2v) is 5.32. The number of phenols is 1. The van der Waals surface area contributed by atoms with Gasteiger partial charge >= 0.3 is 0 Å². The second-order valence-electron chi connectivity index (χ2n) is 5.32. The maximum Gasteiger partial charge on any atom is 0.220 e. The van der Waals surface area contributed by atoms with Crippen LogP contribution in [0, 0.1) is 6.92 Å². The Hall–Kier alpha value is -2.30. The summed E-state index contributed by atoms with van der Waals surface area (Å²) in [5.41, 5.74) is 2.15. The molecule has 1 amide bonds. The van der Waals surface area contributed by atoms with Crippen molar-refractivity contribution in [3.63, 3.8) is 0 Å². The molecular weight excluding hydrogens is 266 g/mol. The van der Waals surface area contributed by atoms with Crippen molar-refractivity contribution in [2.24, 2.45) is 0 Å². The molecule has 21 heavy (non-hydrogen) atoms. The summed E-state index contributed by atoms with van der Waals surface area (Å²) >= 11 is 0. The van der Waals surface area contributed by atoms with Gasteiger partial charge in [0.25, 0.3) is 0 Å². The Morgan fingerprint density at radius 1 is 1.38 bits per heavy atom. The standard InChI is InChI=1S/C16H21N3O2/c1-12-9-18-19(11-12)13(2)10-17-16(21)8-5-14-3-6-15(20)7-4-14/h3-4,6-7,9,11,13,20H,5,8,10H2,1-2H3,(H,17,21)/t13-/m1/s1. The monoisotopic (exact) mass is 287 g/mol. The summed E-state index contributed by atoms with van der Waals surface area (Å²) in [4.78, 5) is 11.8. The lowest BCUT2D eigenvalue weighted by Gasteiger charge is -2.13. The highest BCUT2D eigenvalue weighted by molar-refractivity contribution is 5.76. The number of benzene rings is 1. The number of rotatable bonds is 6. The van der Waals surface area contributed by atoms with E-state index in [9.17, 15) is 9.90 Å². The number of hydrogen-bond acceptors (Lipinski definition) is 3. The Labute approximate surface area is 124 Å². The molecule has 0 fully saturated rings. The van der Waals surface area contributed by atoms with Gasteiger partial charge in [-0.3, -0.25) is 9.48 Å². The van der Waals surface area contributed by atoms with Gasteiger partial charge in [0.15, 0.2) is 0 Å². The molecule has 2 N–H and O–H groups in total. The molecule has 5 nitrogen and oxygen atoms in total. The molecule has 0 saturated heterocycles. The molecule has 0 aliphatic rings. The number of carbonyl (C=O) groups excluding carboxylic acids is 1. The zero-order chi connectivity index (χ0) is 15.2. The number of carbonyl (C=O) groups is 1. The Morgan fingerprint density at radius 2 is 2.10 bits per heavy atom. The quantitative estimate of drug-likeness (QED) is 0.856. The van der Waals surface area contributed by atoms with Crippen LogP contribution in [0.1, 0.15) is 30.5 Å². The number of aromatic hydroxyl groups is 1. The average Bonchev–Trinajstić information content (AvgIpc) is 2.91. The zero-order valence-electron chi connectivity index (χ0n) is 12.4. The Morgan fingerprint density at radius 3 is 2.71 bits per heavy atom. The largest absolute Gasteiger partial charge is 0.508 e. The molecule has 0 aliphatic heterocycles. The van der Waals surface area contributed by atoms with Crippen LogP contribution in [-0.4, -0.2) is 27.3 Å². The van der Waals surface area contributed by atoms with Crippen molar-refractivity contribution in [1.29, 1.82) is 0 Å². The van der Waals surface area contributed by atoms with Crippen molar-refractivity contribution in [3.05, 3.63) is 47.8 Å². The lowest BCUT2D eigenvalue weighted by Crippen LogP contribution is -2.29. The Bertz CT molecular complexity index is 590. The number of nitrogens with one attached hydrogen (secondary N) is 1. The first-order chi connectivity index (χ1) is 10.0. The van der Waals surface area contributed by atoms with E-state index in [-0.39, 0.29) is 17.7 Å². The van der Waals surface area contributed by atoms with Crippen LogP contribution in [0.15, 0.2) is 36.7 Å². The molecule has 2 rings (SSSR count). The molecule has 1 heterocycles. The van der Waals surface area contributed by atoms with Crippen molar-refractivity contribution < 1.29 is 9.90 Å². The minimum atomic E-state index is 0.0267. The molecule has 5 heteroatoms. The first-order valence-corrected chi connectivity index (χ1v) is 7.10. The molecule has 0 radical (unpaired) electrons. The highest BCUT2D eigenvalue weighted by Crippen LogP contribution is 2.11. The minimum Gasteiger partial charge on any atom is -0.508 e. The van der Waals surface area contributed by atoms with Crippen molar-refractivity contribution >= 4 is 5.91 Å². The number of amides is 1. The Kier molecular flexibility index (Phi) is 4.98. The van der Waals surface area contributed by atoms with Gasteiger partial charge in [0.1, 0.15) is 5.75 Å². The van der Waals surface area contributed by atoms with E-state index in [1.54, 1.807) is 12.1 Å². The summed E-state index contributed by atoms with van der Waals surface area (Å²) in [6.45, 7) is 4.58. The van der Waals surface area contributed by atoms with E-state index in [0.29, 0.717) is 19.4 Å². The molecule has 1 aromatic heterocycles. The van der Waals surface area contributed by atoms with Gasteiger partial charge in [-0.25, -0.2) is 0 Å². The van der Waals surface area contributed by atoms with Crippen LogP contribution in [0.25, 0.3) is 0 Å². The Balaban J connectivity index is 1.73. The summed E-state index contributed by atoms with van der Waals surface area (Å²) in [5.74, 6) is 0.269. The normalized spacial score (nSPS) is 12.1. The van der Waals surface area contributed by atoms with Gasteiger partial charge in [0, 0.05) is 19.2 Å². The number of aryl methyl sites for hydroxylation is 2. The van der Waals surface area contributed by atoms with Crippen LogP contribution in [0.4, 0.5) is 0 Å². The molecule has 0 unspecified atom stereocenters. The second kappa shape index (κ2) is 6.92. The molecule has 0 spiro atoms. The molecule has 1 atom stereocenters. The lowest BCUT2D eigenvalue weighted by atomic mass is 10.1. The zero-order valence-corrected chi connectivity index (χ0v) is 12.4. The van der Waals surface area contributed by atoms with E-state index in [4.69, 9.17) is 0 Å². The highest BCUT2D eigenvalue weighted by Gasteiger charge is 2.08. The third-order valence-corrected chi connectivity index (χ3v) is 3.35. The van der Waals surface area contributed by atoms with E-state index >= 15 is 0 Å².